The van der Waals surface area contributed by atoms with Crippen molar-refractivity contribution in [1.82, 2.24) is 10.2 Å². The Morgan fingerprint density at radius 2 is 1.90 bits per heavy atom. The van der Waals surface area contributed by atoms with Gasteiger partial charge in [-0.25, -0.2) is 8.78 Å². The Hall–Kier alpha value is -1.49. The summed E-state index contributed by atoms with van der Waals surface area (Å²) in [5.74, 6) is -1.86. The lowest BCUT2D eigenvalue weighted by molar-refractivity contribution is -0.122. The third kappa shape index (κ3) is 4.89. The SMILES string of the molecule is CC(C)N(C)CC(=O)NC[C@H](C)c1ccc(F)c(F)c1. The van der Waals surface area contributed by atoms with E-state index in [4.69, 9.17) is 0 Å². The van der Waals surface area contributed by atoms with Crippen LogP contribution in [0.2, 0.25) is 0 Å². The van der Waals surface area contributed by atoms with Gasteiger partial charge in [-0.3, -0.25) is 9.69 Å². The lowest BCUT2D eigenvalue weighted by atomic mass is 10.0. The number of nitrogens with one attached hydrogen (secondary N) is 1. The Bertz CT molecular complexity index is 463. The van der Waals surface area contributed by atoms with Crippen molar-refractivity contribution in [3.63, 3.8) is 0 Å². The van der Waals surface area contributed by atoms with Gasteiger partial charge in [-0.1, -0.05) is 13.0 Å². The van der Waals surface area contributed by atoms with Crippen molar-refractivity contribution in [2.24, 2.45) is 0 Å². The predicted molar refractivity (Wildman–Crippen MR) is 75.5 cm³/mol. The van der Waals surface area contributed by atoms with Crippen LogP contribution in [-0.4, -0.2) is 37.0 Å². The van der Waals surface area contributed by atoms with Gasteiger partial charge in [-0.2, -0.15) is 0 Å². The molecule has 0 radical (unpaired) electrons. The fourth-order valence-electron chi connectivity index (χ4n) is 1.67. The van der Waals surface area contributed by atoms with Crippen LogP contribution in [-0.2, 0) is 4.79 Å². The molecule has 0 aliphatic carbocycles. The zero-order valence-electron chi connectivity index (χ0n) is 12.4. The summed E-state index contributed by atoms with van der Waals surface area (Å²) in [4.78, 5) is 13.7. The third-order valence-corrected chi connectivity index (χ3v) is 3.39. The van der Waals surface area contributed by atoms with Gasteiger partial charge in [0.25, 0.3) is 0 Å². The monoisotopic (exact) mass is 284 g/mol. The highest BCUT2D eigenvalue weighted by atomic mass is 19.2. The molecule has 20 heavy (non-hydrogen) atoms. The van der Waals surface area contributed by atoms with Crippen LogP contribution >= 0.6 is 0 Å². The van der Waals surface area contributed by atoms with Gasteiger partial charge in [0.2, 0.25) is 5.91 Å². The summed E-state index contributed by atoms with van der Waals surface area (Å²) in [5.41, 5.74) is 0.668. The highest BCUT2D eigenvalue weighted by molar-refractivity contribution is 5.78. The van der Waals surface area contributed by atoms with E-state index in [9.17, 15) is 13.6 Å². The molecular weight excluding hydrogens is 262 g/mol. The van der Waals surface area contributed by atoms with E-state index in [0.717, 1.165) is 6.07 Å². The zero-order valence-corrected chi connectivity index (χ0v) is 12.4. The highest BCUT2D eigenvalue weighted by Gasteiger charge is 2.12. The van der Waals surface area contributed by atoms with Crippen LogP contribution in [0.15, 0.2) is 18.2 Å². The van der Waals surface area contributed by atoms with Crippen molar-refractivity contribution in [2.75, 3.05) is 20.1 Å². The molecular formula is C15H22F2N2O. The fourth-order valence-corrected chi connectivity index (χ4v) is 1.67. The number of likely N-dealkylation sites (N-methyl/N-ethyl adjacent to an activating group) is 1. The molecule has 0 aromatic heterocycles. The summed E-state index contributed by atoms with van der Waals surface area (Å²) in [7, 11) is 1.88. The molecule has 0 heterocycles. The first-order valence-electron chi connectivity index (χ1n) is 6.73. The molecule has 0 saturated carbocycles. The van der Waals surface area contributed by atoms with Gasteiger partial charge in [0.1, 0.15) is 0 Å². The van der Waals surface area contributed by atoms with Gasteiger partial charge in [-0.05, 0) is 44.5 Å². The van der Waals surface area contributed by atoms with Crippen LogP contribution in [0.5, 0.6) is 0 Å². The van der Waals surface area contributed by atoms with E-state index in [2.05, 4.69) is 5.32 Å². The minimum Gasteiger partial charge on any atom is -0.354 e. The second-order valence-corrected chi connectivity index (χ2v) is 5.39. The Kier molecular flexibility index (Phi) is 6.07. The van der Waals surface area contributed by atoms with Gasteiger partial charge >= 0.3 is 0 Å². The second kappa shape index (κ2) is 7.33. The number of halogens is 2. The van der Waals surface area contributed by atoms with Gasteiger partial charge in [-0.15, -0.1) is 0 Å². The van der Waals surface area contributed by atoms with Crippen LogP contribution in [0, 0.1) is 11.6 Å². The first-order valence-corrected chi connectivity index (χ1v) is 6.73. The van der Waals surface area contributed by atoms with Crippen LogP contribution in [0.25, 0.3) is 0 Å². The van der Waals surface area contributed by atoms with E-state index in [1.165, 1.54) is 12.1 Å². The standard InChI is InChI=1S/C15H22F2N2O/c1-10(2)19(4)9-15(20)18-8-11(3)12-5-6-13(16)14(17)7-12/h5-7,10-11H,8-9H2,1-4H3,(H,18,20)/t11-/m0/s1. The van der Waals surface area contributed by atoms with Crippen LogP contribution in [0.1, 0.15) is 32.3 Å². The van der Waals surface area contributed by atoms with Crippen molar-refractivity contribution in [3.05, 3.63) is 35.4 Å². The van der Waals surface area contributed by atoms with Crippen molar-refractivity contribution >= 4 is 5.91 Å². The minimum atomic E-state index is -0.861. The Balaban J connectivity index is 2.48. The molecule has 1 rings (SSSR count). The van der Waals surface area contributed by atoms with Crippen LogP contribution in [0.4, 0.5) is 8.78 Å². The number of rotatable bonds is 6. The Morgan fingerprint density at radius 3 is 2.45 bits per heavy atom. The third-order valence-electron chi connectivity index (χ3n) is 3.39. The van der Waals surface area contributed by atoms with E-state index in [0.29, 0.717) is 24.7 Å². The van der Waals surface area contributed by atoms with Crippen molar-refractivity contribution in [2.45, 2.75) is 32.7 Å². The van der Waals surface area contributed by atoms with E-state index in [1.807, 2.05) is 32.7 Å². The molecule has 1 atom stereocenters. The van der Waals surface area contributed by atoms with E-state index >= 15 is 0 Å². The summed E-state index contributed by atoms with van der Waals surface area (Å²) in [6.45, 7) is 6.60. The maximum absolute atomic E-state index is 13.1. The molecule has 1 N–H and O–H groups in total. The van der Waals surface area contributed by atoms with Gasteiger partial charge in [0, 0.05) is 12.6 Å². The molecule has 0 spiro atoms. The van der Waals surface area contributed by atoms with E-state index < -0.39 is 11.6 Å². The molecule has 5 heteroatoms. The summed E-state index contributed by atoms with van der Waals surface area (Å²) < 4.78 is 26.0. The molecule has 1 aromatic rings. The average molecular weight is 284 g/mol. The molecule has 0 unspecified atom stereocenters. The second-order valence-electron chi connectivity index (χ2n) is 5.39. The molecule has 0 aliphatic rings. The normalized spacial score (nSPS) is 12.8. The summed E-state index contributed by atoms with van der Waals surface area (Å²) >= 11 is 0. The Labute approximate surface area is 119 Å². The topological polar surface area (TPSA) is 32.3 Å². The van der Waals surface area contributed by atoms with Crippen molar-refractivity contribution in [3.8, 4) is 0 Å². The maximum atomic E-state index is 13.1. The highest BCUT2D eigenvalue weighted by Crippen LogP contribution is 2.17. The molecule has 112 valence electrons. The van der Waals surface area contributed by atoms with Crippen LogP contribution < -0.4 is 5.32 Å². The molecule has 0 fully saturated rings. The van der Waals surface area contributed by atoms with E-state index in [1.54, 1.807) is 0 Å². The predicted octanol–water partition coefficient (Wildman–Crippen LogP) is 2.52. The smallest absolute Gasteiger partial charge is 0.234 e. The summed E-state index contributed by atoms with van der Waals surface area (Å²) in [5, 5.41) is 2.80. The number of amides is 1. The van der Waals surface area contributed by atoms with Gasteiger partial charge < -0.3 is 5.32 Å². The lowest BCUT2D eigenvalue weighted by Crippen LogP contribution is -2.39. The van der Waals surface area contributed by atoms with Gasteiger partial charge in [0.05, 0.1) is 6.54 Å². The zero-order chi connectivity index (χ0) is 15.3. The molecule has 3 nitrogen and oxygen atoms in total. The number of hydrogen-bond acceptors (Lipinski definition) is 2. The number of hydrogen-bond donors (Lipinski definition) is 1. The first-order chi connectivity index (χ1) is 9.31. The molecule has 0 bridgehead atoms. The number of nitrogens with zero attached hydrogens (tertiary/aromatic N) is 1. The lowest BCUT2D eigenvalue weighted by Gasteiger charge is -2.21. The molecule has 1 amide bonds. The van der Waals surface area contributed by atoms with Gasteiger partial charge in [0.15, 0.2) is 11.6 Å². The minimum absolute atomic E-state index is 0.0709. The summed E-state index contributed by atoms with van der Waals surface area (Å²) in [6.07, 6.45) is 0. The molecule has 0 aliphatic heterocycles. The summed E-state index contributed by atoms with van der Waals surface area (Å²) in [6, 6.07) is 4.11. The average Bonchev–Trinajstić information content (AvgIpc) is 2.39. The van der Waals surface area contributed by atoms with Crippen molar-refractivity contribution < 1.29 is 13.6 Å². The molecule has 1 aromatic carbocycles. The maximum Gasteiger partial charge on any atom is 0.234 e. The molecule has 0 saturated heterocycles. The quantitative estimate of drug-likeness (QED) is 0.870. The Morgan fingerprint density at radius 1 is 1.25 bits per heavy atom. The van der Waals surface area contributed by atoms with E-state index in [-0.39, 0.29) is 11.8 Å². The number of benzene rings is 1. The number of carbonyl (C=O) groups excluding carboxylic acids is 1. The van der Waals surface area contributed by atoms with Crippen LogP contribution in [0.3, 0.4) is 0 Å². The number of carbonyl (C=O) groups is 1. The first kappa shape index (κ1) is 16.6. The fraction of sp³-hybridized carbons (Fsp3) is 0.533. The largest absolute Gasteiger partial charge is 0.354 e. The van der Waals surface area contributed by atoms with Crippen molar-refractivity contribution in [1.29, 1.82) is 0 Å².